The zero-order valence-corrected chi connectivity index (χ0v) is 14.9. The van der Waals surface area contributed by atoms with E-state index in [4.69, 9.17) is 19.3 Å². The molecule has 2 rings (SSSR count). The summed E-state index contributed by atoms with van der Waals surface area (Å²) in [4.78, 5) is 23.5. The van der Waals surface area contributed by atoms with Crippen LogP contribution in [0.2, 0.25) is 0 Å². The minimum Gasteiger partial charge on any atom is -0.497 e. The number of hydrogen-bond donors (Lipinski definition) is 2. The average Bonchev–Trinajstić information content (AvgIpc) is 2.66. The van der Waals surface area contributed by atoms with E-state index in [1.165, 1.54) is 27.4 Å². The monoisotopic (exact) mass is 359 g/mol. The van der Waals surface area contributed by atoms with Gasteiger partial charge in [0.25, 0.3) is 5.91 Å². The summed E-state index contributed by atoms with van der Waals surface area (Å²) >= 11 is 0. The van der Waals surface area contributed by atoms with Crippen molar-refractivity contribution in [3.8, 4) is 17.2 Å². The number of carbonyl (C=O) groups excluding carboxylic acids is 1. The van der Waals surface area contributed by atoms with Gasteiger partial charge in [0.2, 0.25) is 0 Å². The van der Waals surface area contributed by atoms with E-state index in [2.05, 4.69) is 5.32 Å². The minimum atomic E-state index is -1.05. The zero-order valence-electron chi connectivity index (χ0n) is 14.9. The van der Waals surface area contributed by atoms with Crippen LogP contribution in [0.25, 0.3) is 0 Å². The van der Waals surface area contributed by atoms with E-state index >= 15 is 0 Å². The minimum absolute atomic E-state index is 0.0985. The predicted octanol–water partition coefficient (Wildman–Crippen LogP) is 2.38. The molecule has 0 saturated heterocycles. The fraction of sp³-hybridized carbons (Fsp3) is 0.263. The smallest absolute Gasteiger partial charge is 0.339 e. The van der Waals surface area contributed by atoms with Gasteiger partial charge in [-0.15, -0.1) is 0 Å². The van der Waals surface area contributed by atoms with E-state index in [9.17, 15) is 9.59 Å². The van der Waals surface area contributed by atoms with Crippen LogP contribution in [0.3, 0.4) is 0 Å². The number of rotatable bonds is 8. The van der Waals surface area contributed by atoms with Crippen LogP contribution in [-0.2, 0) is 6.42 Å². The predicted molar refractivity (Wildman–Crippen MR) is 95.5 cm³/mol. The number of benzene rings is 2. The Labute approximate surface area is 151 Å². The normalized spacial score (nSPS) is 10.1. The molecule has 0 atom stereocenters. The third-order valence-corrected chi connectivity index (χ3v) is 3.85. The molecule has 0 aliphatic rings. The Morgan fingerprint density at radius 1 is 0.923 bits per heavy atom. The topological polar surface area (TPSA) is 94.1 Å². The first-order valence-electron chi connectivity index (χ1n) is 7.90. The van der Waals surface area contributed by atoms with E-state index in [1.807, 2.05) is 0 Å². The number of aromatic carboxylic acids is 1. The van der Waals surface area contributed by atoms with Crippen molar-refractivity contribution in [1.29, 1.82) is 0 Å². The van der Waals surface area contributed by atoms with Crippen molar-refractivity contribution in [2.24, 2.45) is 0 Å². The molecule has 0 radical (unpaired) electrons. The molecule has 0 unspecified atom stereocenters. The van der Waals surface area contributed by atoms with Crippen molar-refractivity contribution < 1.29 is 28.9 Å². The van der Waals surface area contributed by atoms with Crippen LogP contribution in [0, 0.1) is 0 Å². The maximum atomic E-state index is 12.4. The van der Waals surface area contributed by atoms with Crippen LogP contribution >= 0.6 is 0 Å². The number of carboxylic acid groups (broad SMARTS) is 1. The van der Waals surface area contributed by atoms with Crippen LogP contribution in [-0.4, -0.2) is 44.9 Å². The number of carboxylic acids is 1. The SMILES string of the molecule is COc1ccc(OC)c(C(=O)NCCc2ccc(C(=O)O)c(OC)c2)c1. The highest BCUT2D eigenvalue weighted by molar-refractivity contribution is 5.97. The maximum Gasteiger partial charge on any atom is 0.339 e. The summed E-state index contributed by atoms with van der Waals surface area (Å²) in [7, 11) is 4.44. The molecule has 2 aromatic rings. The lowest BCUT2D eigenvalue weighted by Crippen LogP contribution is -2.26. The third kappa shape index (κ3) is 4.44. The summed E-state index contributed by atoms with van der Waals surface area (Å²) in [5, 5.41) is 11.9. The lowest BCUT2D eigenvalue weighted by molar-refractivity contribution is 0.0693. The van der Waals surface area contributed by atoms with Gasteiger partial charge in [-0.25, -0.2) is 4.79 Å². The molecule has 0 bridgehead atoms. The Balaban J connectivity index is 2.04. The fourth-order valence-corrected chi connectivity index (χ4v) is 2.47. The van der Waals surface area contributed by atoms with Crippen molar-refractivity contribution in [3.63, 3.8) is 0 Å². The van der Waals surface area contributed by atoms with Gasteiger partial charge >= 0.3 is 5.97 Å². The number of hydrogen-bond acceptors (Lipinski definition) is 5. The molecule has 2 N–H and O–H groups in total. The van der Waals surface area contributed by atoms with E-state index in [0.717, 1.165) is 5.56 Å². The van der Waals surface area contributed by atoms with Gasteiger partial charge in [-0.1, -0.05) is 6.07 Å². The van der Waals surface area contributed by atoms with Crippen molar-refractivity contribution in [2.75, 3.05) is 27.9 Å². The molecule has 0 heterocycles. The van der Waals surface area contributed by atoms with Gasteiger partial charge in [-0.2, -0.15) is 0 Å². The van der Waals surface area contributed by atoms with Crippen molar-refractivity contribution >= 4 is 11.9 Å². The quantitative estimate of drug-likeness (QED) is 0.752. The number of ether oxygens (including phenoxy) is 3. The second kappa shape index (κ2) is 8.75. The van der Waals surface area contributed by atoms with Crippen LogP contribution in [0.5, 0.6) is 17.2 Å². The zero-order chi connectivity index (χ0) is 19.1. The van der Waals surface area contributed by atoms with Gasteiger partial charge in [-0.05, 0) is 42.3 Å². The molecular weight excluding hydrogens is 338 g/mol. The van der Waals surface area contributed by atoms with Crippen molar-refractivity contribution in [3.05, 3.63) is 53.1 Å². The second-order valence-electron chi connectivity index (χ2n) is 5.41. The summed E-state index contributed by atoms with van der Waals surface area (Å²) in [5.41, 5.74) is 1.33. The lowest BCUT2D eigenvalue weighted by Gasteiger charge is -2.11. The average molecular weight is 359 g/mol. The molecule has 1 amide bonds. The number of nitrogens with one attached hydrogen (secondary N) is 1. The molecule has 0 aliphatic heterocycles. The van der Waals surface area contributed by atoms with Gasteiger partial charge in [0.15, 0.2) is 0 Å². The Morgan fingerprint density at radius 3 is 2.27 bits per heavy atom. The summed E-state index contributed by atoms with van der Waals surface area (Å²) in [6, 6.07) is 9.84. The molecule has 26 heavy (non-hydrogen) atoms. The van der Waals surface area contributed by atoms with Gasteiger partial charge in [0.1, 0.15) is 22.8 Å². The summed E-state index contributed by atoms with van der Waals surface area (Å²) in [6.07, 6.45) is 0.522. The van der Waals surface area contributed by atoms with Gasteiger partial charge in [0, 0.05) is 6.54 Å². The molecule has 7 nitrogen and oxygen atoms in total. The highest BCUT2D eigenvalue weighted by atomic mass is 16.5. The molecular formula is C19H21NO6. The first kappa shape index (κ1) is 19.1. The highest BCUT2D eigenvalue weighted by Gasteiger charge is 2.14. The van der Waals surface area contributed by atoms with E-state index in [1.54, 1.807) is 30.3 Å². The van der Waals surface area contributed by atoms with Crippen molar-refractivity contribution in [2.45, 2.75) is 6.42 Å². The first-order chi connectivity index (χ1) is 12.5. The fourth-order valence-electron chi connectivity index (χ4n) is 2.47. The Hall–Kier alpha value is -3.22. The van der Waals surface area contributed by atoms with Crippen LogP contribution in [0.1, 0.15) is 26.3 Å². The summed E-state index contributed by atoms with van der Waals surface area (Å²) in [5.74, 6) is -0.0294. The molecule has 7 heteroatoms. The first-order valence-corrected chi connectivity index (χ1v) is 7.90. The van der Waals surface area contributed by atoms with E-state index in [0.29, 0.717) is 30.0 Å². The number of carbonyl (C=O) groups is 2. The molecule has 0 fully saturated rings. The molecule has 0 aliphatic carbocycles. The van der Waals surface area contributed by atoms with Crippen molar-refractivity contribution in [1.82, 2.24) is 5.32 Å². The molecule has 138 valence electrons. The Kier molecular flexibility index (Phi) is 6.43. The van der Waals surface area contributed by atoms with Crippen LogP contribution in [0.15, 0.2) is 36.4 Å². The number of amides is 1. The molecule has 0 spiro atoms. The Morgan fingerprint density at radius 2 is 1.65 bits per heavy atom. The highest BCUT2D eigenvalue weighted by Crippen LogP contribution is 2.24. The van der Waals surface area contributed by atoms with E-state index in [-0.39, 0.29) is 17.2 Å². The third-order valence-electron chi connectivity index (χ3n) is 3.85. The lowest BCUT2D eigenvalue weighted by atomic mass is 10.1. The maximum absolute atomic E-state index is 12.4. The van der Waals surface area contributed by atoms with Gasteiger partial charge < -0.3 is 24.6 Å². The van der Waals surface area contributed by atoms with Gasteiger partial charge in [0.05, 0.1) is 26.9 Å². The summed E-state index contributed by atoms with van der Waals surface area (Å²) < 4.78 is 15.4. The van der Waals surface area contributed by atoms with E-state index < -0.39 is 5.97 Å². The van der Waals surface area contributed by atoms with Crippen LogP contribution < -0.4 is 19.5 Å². The van der Waals surface area contributed by atoms with Crippen LogP contribution in [0.4, 0.5) is 0 Å². The summed E-state index contributed by atoms with van der Waals surface area (Å²) in [6.45, 7) is 0.370. The Bertz CT molecular complexity index is 803. The second-order valence-corrected chi connectivity index (χ2v) is 5.41. The number of methoxy groups -OCH3 is 3. The van der Waals surface area contributed by atoms with Gasteiger partial charge in [-0.3, -0.25) is 4.79 Å². The molecule has 2 aromatic carbocycles. The molecule has 0 saturated carbocycles. The standard InChI is InChI=1S/C19H21NO6/c1-24-13-5-7-16(25-2)15(11-13)18(21)20-9-8-12-4-6-14(19(22)23)17(10-12)26-3/h4-7,10-11H,8-9H2,1-3H3,(H,20,21)(H,22,23). The molecule has 0 aromatic heterocycles. The largest absolute Gasteiger partial charge is 0.497 e.